The van der Waals surface area contributed by atoms with Crippen molar-refractivity contribution < 1.29 is 27.4 Å². The maximum Gasteiger partial charge on any atom is 0.419 e. The number of ether oxygens (including phenoxy) is 2. The van der Waals surface area contributed by atoms with E-state index in [-0.39, 0.29) is 23.6 Å². The third kappa shape index (κ3) is 4.95. The zero-order valence-corrected chi connectivity index (χ0v) is 22.8. The normalized spacial score (nSPS) is 14.9. The Labute approximate surface area is 242 Å². The van der Waals surface area contributed by atoms with Crippen LogP contribution in [0.25, 0.3) is 38.8 Å². The molecular formula is C30H24F3N7O3. The molecule has 0 spiro atoms. The minimum Gasteiger partial charge on any atom is -0.466 e. The summed E-state index contributed by atoms with van der Waals surface area (Å²) in [6.07, 6.45) is 0.223. The van der Waals surface area contributed by atoms with Gasteiger partial charge in [-0.05, 0) is 48.4 Å². The summed E-state index contributed by atoms with van der Waals surface area (Å²) in [6, 6.07) is 13.5. The zero-order chi connectivity index (χ0) is 30.4. The molecule has 1 aliphatic heterocycles. The Hall–Kier alpha value is -5.22. The minimum atomic E-state index is -4.66. The number of aromatic nitrogens is 4. The van der Waals surface area contributed by atoms with Crippen LogP contribution in [-0.4, -0.2) is 45.3 Å². The number of pyridine rings is 2. The van der Waals surface area contributed by atoms with E-state index < -0.39 is 23.0 Å². The van der Waals surface area contributed by atoms with Gasteiger partial charge in [-0.3, -0.25) is 14.3 Å². The Balaban J connectivity index is 1.50. The molecule has 1 saturated heterocycles. The molecule has 10 nitrogen and oxygen atoms in total. The molecule has 4 heterocycles. The van der Waals surface area contributed by atoms with Crippen LogP contribution in [-0.2, 0) is 25.9 Å². The summed E-state index contributed by atoms with van der Waals surface area (Å²) in [4.78, 5) is 27.6. The van der Waals surface area contributed by atoms with Crippen LogP contribution >= 0.6 is 0 Å². The first-order chi connectivity index (χ1) is 20.6. The highest BCUT2D eigenvalue weighted by Crippen LogP contribution is 2.38. The van der Waals surface area contributed by atoms with Crippen molar-refractivity contribution in [3.8, 4) is 23.0 Å². The average Bonchev–Trinajstić information content (AvgIpc) is 3.33. The highest BCUT2D eigenvalue weighted by atomic mass is 19.4. The third-order valence-corrected chi connectivity index (χ3v) is 7.52. The van der Waals surface area contributed by atoms with Gasteiger partial charge in [-0.15, -0.1) is 4.99 Å². The molecule has 1 fully saturated rings. The number of rotatable bonds is 6. The number of hydrogen-bond acceptors (Lipinski definition) is 8. The summed E-state index contributed by atoms with van der Waals surface area (Å²) < 4.78 is 53.0. The maximum atomic E-state index is 13.5. The molecule has 13 heteroatoms. The minimum absolute atomic E-state index is 0.185. The fourth-order valence-corrected chi connectivity index (χ4v) is 5.38. The van der Waals surface area contributed by atoms with Gasteiger partial charge in [-0.1, -0.05) is 18.2 Å². The molecule has 43 heavy (non-hydrogen) atoms. The molecule has 3 N–H and O–H groups in total. The van der Waals surface area contributed by atoms with Crippen LogP contribution in [0.5, 0.6) is 0 Å². The number of anilines is 1. The second-order valence-corrected chi connectivity index (χ2v) is 10.2. The molecular weight excluding hydrogens is 563 g/mol. The predicted octanol–water partition coefficient (Wildman–Crippen LogP) is 4.77. The standard InChI is InChI=1S/C30H24F3N7O3/c1-2-43-25(41)11-29(14-42-15-29)19-4-6-20(7-5-19)40-26-21-9-17(18-10-22(30(31,32)33)27(35)37-12-18)3-8-23(21)36-13-24(26)39-28(40)38-16-34/h3-10,12-13H,2,11,14-15H2,1H3,(H2,35,37)(H,38,39). The van der Waals surface area contributed by atoms with Gasteiger partial charge in [0.05, 0.1) is 60.0 Å². The van der Waals surface area contributed by atoms with E-state index in [1.165, 1.54) is 6.20 Å². The number of nitrogen functional groups attached to an aromatic ring is 1. The molecule has 0 radical (unpaired) electrons. The van der Waals surface area contributed by atoms with Crippen molar-refractivity contribution in [2.45, 2.75) is 24.9 Å². The molecule has 1 aliphatic rings. The van der Waals surface area contributed by atoms with Crippen LogP contribution in [0.4, 0.5) is 19.0 Å². The van der Waals surface area contributed by atoms with Gasteiger partial charge in [0.1, 0.15) is 5.82 Å². The first-order valence-electron chi connectivity index (χ1n) is 13.3. The number of imidazole rings is 1. The van der Waals surface area contributed by atoms with Crippen LogP contribution in [0.15, 0.2) is 65.9 Å². The molecule has 0 saturated carbocycles. The number of esters is 1. The molecule has 5 aromatic rings. The van der Waals surface area contributed by atoms with Crippen molar-refractivity contribution >= 4 is 33.7 Å². The number of aromatic amines is 1. The van der Waals surface area contributed by atoms with Gasteiger partial charge in [0.25, 0.3) is 0 Å². The van der Waals surface area contributed by atoms with Crippen LogP contribution < -0.4 is 11.4 Å². The maximum absolute atomic E-state index is 13.5. The van der Waals surface area contributed by atoms with E-state index in [2.05, 4.69) is 19.9 Å². The number of nitriles is 1. The predicted molar refractivity (Wildman–Crippen MR) is 150 cm³/mol. The smallest absolute Gasteiger partial charge is 0.419 e. The lowest BCUT2D eigenvalue weighted by Crippen LogP contribution is -2.48. The van der Waals surface area contributed by atoms with Crippen molar-refractivity contribution in [2.24, 2.45) is 4.99 Å². The van der Waals surface area contributed by atoms with Crippen molar-refractivity contribution in [3.05, 3.63) is 77.7 Å². The van der Waals surface area contributed by atoms with Crippen molar-refractivity contribution in [3.63, 3.8) is 0 Å². The third-order valence-electron chi connectivity index (χ3n) is 7.52. The summed E-state index contributed by atoms with van der Waals surface area (Å²) in [7, 11) is 0. The van der Waals surface area contributed by atoms with Gasteiger partial charge in [-0.2, -0.15) is 18.4 Å². The number of H-pyrrole nitrogens is 1. The number of nitrogens with zero attached hydrogens (tertiary/aromatic N) is 5. The quantitative estimate of drug-likeness (QED) is 0.215. The van der Waals surface area contributed by atoms with Gasteiger partial charge in [-0.25, -0.2) is 4.98 Å². The molecule has 0 aliphatic carbocycles. The van der Waals surface area contributed by atoms with E-state index in [1.54, 1.807) is 35.9 Å². The molecule has 0 amide bonds. The summed E-state index contributed by atoms with van der Waals surface area (Å²) in [5, 5.41) is 10.0. The van der Waals surface area contributed by atoms with E-state index in [1.807, 2.05) is 30.5 Å². The van der Waals surface area contributed by atoms with Crippen LogP contribution in [0.2, 0.25) is 0 Å². The monoisotopic (exact) mass is 587 g/mol. The Morgan fingerprint density at radius 2 is 1.93 bits per heavy atom. The number of nitrogens with one attached hydrogen (secondary N) is 1. The fraction of sp³-hybridized carbons (Fsp3) is 0.233. The molecule has 6 rings (SSSR count). The number of benzene rings is 2. The SMILES string of the molecule is CCOC(=O)CC1(c2ccc(-n3/c(=N\C#N)[nH]c4cnc5ccc(-c6cnc(N)c(C(F)(F)F)c6)cc5c43)cc2)COC1. The largest absolute Gasteiger partial charge is 0.466 e. The molecule has 3 aromatic heterocycles. The summed E-state index contributed by atoms with van der Waals surface area (Å²) in [5.74, 6) is -0.905. The Kier molecular flexibility index (Phi) is 6.86. The summed E-state index contributed by atoms with van der Waals surface area (Å²) in [6.45, 7) is 2.82. The highest BCUT2D eigenvalue weighted by molar-refractivity contribution is 6.04. The van der Waals surface area contributed by atoms with Gasteiger partial charge in [0, 0.05) is 22.8 Å². The Bertz CT molecular complexity index is 1990. The summed E-state index contributed by atoms with van der Waals surface area (Å²) in [5.41, 5.74) is 8.20. The van der Waals surface area contributed by atoms with Crippen LogP contribution in [0.1, 0.15) is 24.5 Å². The topological polar surface area (TPSA) is 144 Å². The van der Waals surface area contributed by atoms with E-state index in [4.69, 9.17) is 15.2 Å². The Morgan fingerprint density at radius 1 is 1.16 bits per heavy atom. The van der Waals surface area contributed by atoms with Gasteiger partial charge >= 0.3 is 12.1 Å². The van der Waals surface area contributed by atoms with Crippen molar-refractivity contribution in [2.75, 3.05) is 25.6 Å². The lowest BCUT2D eigenvalue weighted by Gasteiger charge is -2.41. The van der Waals surface area contributed by atoms with E-state index in [0.717, 1.165) is 11.6 Å². The van der Waals surface area contributed by atoms with Crippen molar-refractivity contribution in [1.29, 1.82) is 5.26 Å². The number of hydrogen-bond donors (Lipinski definition) is 2. The Morgan fingerprint density at radius 3 is 2.58 bits per heavy atom. The van der Waals surface area contributed by atoms with E-state index in [9.17, 15) is 23.2 Å². The van der Waals surface area contributed by atoms with Crippen LogP contribution in [0, 0.1) is 11.5 Å². The first-order valence-corrected chi connectivity index (χ1v) is 13.3. The lowest BCUT2D eigenvalue weighted by molar-refractivity contribution is -0.151. The van der Waals surface area contributed by atoms with E-state index in [0.29, 0.717) is 53.0 Å². The fourth-order valence-electron chi connectivity index (χ4n) is 5.38. The number of alkyl halides is 3. The lowest BCUT2D eigenvalue weighted by atomic mass is 9.76. The highest BCUT2D eigenvalue weighted by Gasteiger charge is 2.42. The molecule has 0 unspecified atom stereocenters. The number of fused-ring (bicyclic) bond motifs is 3. The zero-order valence-electron chi connectivity index (χ0n) is 22.8. The molecule has 218 valence electrons. The van der Waals surface area contributed by atoms with Gasteiger partial charge < -0.3 is 20.2 Å². The number of halogens is 3. The number of carbonyl (C=O) groups excluding carboxylic acids is 1. The van der Waals surface area contributed by atoms with Gasteiger partial charge in [0.2, 0.25) is 11.8 Å². The average molecular weight is 588 g/mol. The first kappa shape index (κ1) is 27.9. The van der Waals surface area contributed by atoms with E-state index >= 15 is 0 Å². The number of carbonyl (C=O) groups is 1. The van der Waals surface area contributed by atoms with Gasteiger partial charge in [0.15, 0.2) is 0 Å². The second-order valence-electron chi connectivity index (χ2n) is 10.2. The second kappa shape index (κ2) is 10.6. The molecule has 0 bridgehead atoms. The molecule has 2 aromatic carbocycles. The number of nitrogens with two attached hydrogens (primary N) is 1. The summed E-state index contributed by atoms with van der Waals surface area (Å²) >= 11 is 0. The van der Waals surface area contributed by atoms with Crippen LogP contribution in [0.3, 0.4) is 0 Å². The molecule has 0 atom stereocenters. The van der Waals surface area contributed by atoms with Crippen molar-refractivity contribution in [1.82, 2.24) is 19.5 Å².